The third-order valence-corrected chi connectivity index (χ3v) is 3.41. The van der Waals surface area contributed by atoms with E-state index in [0.717, 1.165) is 0 Å². The van der Waals surface area contributed by atoms with Crippen LogP contribution in [0.5, 0.6) is 0 Å². The summed E-state index contributed by atoms with van der Waals surface area (Å²) in [4.78, 5) is 24.1. The number of hydrogen-bond acceptors (Lipinski definition) is 5. The smallest absolute Gasteiger partial charge is 0.347 e. The number of para-hydroxylation sites is 1. The predicted octanol–water partition coefficient (Wildman–Crippen LogP) is 2.79. The van der Waals surface area contributed by atoms with Gasteiger partial charge in [0.1, 0.15) is 12.4 Å². The molecule has 0 unspecified atom stereocenters. The Balaban J connectivity index is 1.74. The van der Waals surface area contributed by atoms with Gasteiger partial charge in [0, 0.05) is 11.3 Å². The molecule has 0 saturated carbocycles. The summed E-state index contributed by atoms with van der Waals surface area (Å²) in [5.74, 6) is -1.76. The van der Waals surface area contributed by atoms with Crippen molar-refractivity contribution < 1.29 is 23.5 Å². The number of halogens is 1. The van der Waals surface area contributed by atoms with Gasteiger partial charge >= 0.3 is 5.97 Å². The first-order chi connectivity index (χ1) is 11.6. The minimum Gasteiger partial charge on any atom is -0.470 e. The first-order valence-electron chi connectivity index (χ1n) is 7.28. The largest absolute Gasteiger partial charge is 0.470 e. The lowest BCUT2D eigenvalue weighted by atomic mass is 10.2. The van der Waals surface area contributed by atoms with E-state index in [4.69, 9.17) is 9.47 Å². The molecule has 24 heavy (non-hydrogen) atoms. The topological polar surface area (TPSA) is 64.6 Å². The highest BCUT2D eigenvalue weighted by molar-refractivity contribution is 6.19. The number of carbonyl (C=O) groups excluding carboxylic acids is 2. The summed E-state index contributed by atoms with van der Waals surface area (Å²) < 4.78 is 23.8. The second kappa shape index (κ2) is 6.95. The van der Waals surface area contributed by atoms with Crippen molar-refractivity contribution in [3.63, 3.8) is 0 Å². The van der Waals surface area contributed by atoms with E-state index in [-0.39, 0.29) is 30.2 Å². The normalized spacial score (nSPS) is 13.6. The lowest BCUT2D eigenvalue weighted by Gasteiger charge is -2.09. The van der Waals surface area contributed by atoms with Crippen LogP contribution in [0.25, 0.3) is 0 Å². The molecule has 1 aliphatic rings. The Labute approximate surface area is 137 Å². The first-order valence-corrected chi connectivity index (χ1v) is 7.28. The van der Waals surface area contributed by atoms with Gasteiger partial charge in [-0.2, -0.15) is 0 Å². The summed E-state index contributed by atoms with van der Waals surface area (Å²) in [5, 5.41) is 2.87. The van der Waals surface area contributed by atoms with Crippen LogP contribution in [0.1, 0.15) is 5.56 Å². The van der Waals surface area contributed by atoms with Crippen LogP contribution in [0.3, 0.4) is 0 Å². The van der Waals surface area contributed by atoms with Crippen LogP contribution in [0.2, 0.25) is 0 Å². The lowest BCUT2D eigenvalue weighted by Crippen LogP contribution is -2.16. The molecule has 0 fully saturated rings. The van der Waals surface area contributed by atoms with E-state index in [1.54, 1.807) is 36.4 Å². The third-order valence-electron chi connectivity index (χ3n) is 3.41. The number of carbonyl (C=O) groups is 2. The molecule has 0 aromatic heterocycles. The van der Waals surface area contributed by atoms with E-state index in [1.807, 2.05) is 6.07 Å². The van der Waals surface area contributed by atoms with Crippen LogP contribution in [0, 0.1) is 5.82 Å². The predicted molar refractivity (Wildman–Crippen MR) is 84.2 cm³/mol. The minimum atomic E-state index is -0.848. The maximum absolute atomic E-state index is 13.6. The highest BCUT2D eigenvalue weighted by Gasteiger charge is 2.32. The molecule has 2 aromatic carbocycles. The molecule has 0 amide bonds. The molecule has 5 nitrogen and oxygen atoms in total. The number of ether oxygens (including phenoxy) is 2. The van der Waals surface area contributed by atoms with Crippen molar-refractivity contribution in [3.05, 3.63) is 77.4 Å². The Morgan fingerprint density at radius 2 is 1.83 bits per heavy atom. The molecule has 122 valence electrons. The molecule has 3 rings (SSSR count). The van der Waals surface area contributed by atoms with Gasteiger partial charge in [0.05, 0.1) is 0 Å². The number of Topliss-reactive ketones (excluding diaryl/α,β-unsaturated/α-hetero) is 1. The van der Waals surface area contributed by atoms with Crippen molar-refractivity contribution in [2.75, 3.05) is 11.9 Å². The molecule has 0 spiro atoms. The van der Waals surface area contributed by atoms with Gasteiger partial charge in [-0.15, -0.1) is 0 Å². The Morgan fingerprint density at radius 3 is 2.58 bits per heavy atom. The van der Waals surface area contributed by atoms with Crippen molar-refractivity contribution in [2.24, 2.45) is 0 Å². The Morgan fingerprint density at radius 1 is 1.12 bits per heavy atom. The summed E-state index contributed by atoms with van der Waals surface area (Å²) in [6.07, 6.45) is 0. The standard InChI is InChI=1S/C18H14FNO4/c19-14-9-5-4-6-12(14)10-24-18(22)16-15(21)11-23-17(16)20-13-7-2-1-3-8-13/h1-9,20H,10-11H2. The molecule has 6 heteroatoms. The number of rotatable bonds is 5. The van der Waals surface area contributed by atoms with E-state index in [9.17, 15) is 14.0 Å². The fourth-order valence-electron chi connectivity index (χ4n) is 2.20. The molecular weight excluding hydrogens is 313 g/mol. The number of ketones is 1. The lowest BCUT2D eigenvalue weighted by molar-refractivity contribution is -0.141. The average molecular weight is 327 g/mol. The number of benzene rings is 2. The van der Waals surface area contributed by atoms with E-state index >= 15 is 0 Å². The van der Waals surface area contributed by atoms with Gasteiger partial charge in [-0.25, -0.2) is 9.18 Å². The summed E-state index contributed by atoms with van der Waals surface area (Å²) in [6.45, 7) is -0.500. The van der Waals surface area contributed by atoms with Crippen molar-refractivity contribution >= 4 is 17.4 Å². The minimum absolute atomic E-state index is 0.0460. The summed E-state index contributed by atoms with van der Waals surface area (Å²) in [5.41, 5.74) is 0.701. The summed E-state index contributed by atoms with van der Waals surface area (Å²) in [7, 11) is 0. The zero-order valence-electron chi connectivity index (χ0n) is 12.6. The molecule has 2 aromatic rings. The molecule has 0 bridgehead atoms. The SMILES string of the molecule is O=C1COC(Nc2ccccc2)=C1C(=O)OCc1ccccc1F. The highest BCUT2D eigenvalue weighted by Crippen LogP contribution is 2.21. The fourth-order valence-corrected chi connectivity index (χ4v) is 2.20. The van der Waals surface area contributed by atoms with Crippen molar-refractivity contribution in [2.45, 2.75) is 6.61 Å². The van der Waals surface area contributed by atoms with Crippen LogP contribution in [0.4, 0.5) is 10.1 Å². The first kappa shape index (κ1) is 15.7. The van der Waals surface area contributed by atoms with Gasteiger partial charge in [0.15, 0.2) is 12.2 Å². The second-order valence-electron chi connectivity index (χ2n) is 5.07. The van der Waals surface area contributed by atoms with Gasteiger partial charge in [-0.3, -0.25) is 4.79 Å². The van der Waals surface area contributed by atoms with Gasteiger partial charge < -0.3 is 14.8 Å². The van der Waals surface area contributed by atoms with Crippen LogP contribution in [-0.4, -0.2) is 18.4 Å². The van der Waals surface area contributed by atoms with E-state index in [2.05, 4.69) is 5.32 Å². The molecule has 1 N–H and O–H groups in total. The van der Waals surface area contributed by atoms with Crippen LogP contribution < -0.4 is 5.32 Å². The van der Waals surface area contributed by atoms with Crippen molar-refractivity contribution in [1.29, 1.82) is 0 Å². The maximum atomic E-state index is 13.6. The highest BCUT2D eigenvalue weighted by atomic mass is 19.1. The van der Waals surface area contributed by atoms with E-state index < -0.39 is 17.6 Å². The number of esters is 1. The Bertz CT molecular complexity index is 802. The van der Waals surface area contributed by atoms with Gasteiger partial charge in [-0.1, -0.05) is 36.4 Å². The Hall–Kier alpha value is -3.15. The zero-order chi connectivity index (χ0) is 16.9. The van der Waals surface area contributed by atoms with Crippen LogP contribution in [0.15, 0.2) is 66.1 Å². The Kier molecular flexibility index (Phi) is 4.56. The van der Waals surface area contributed by atoms with Crippen molar-refractivity contribution in [1.82, 2.24) is 0 Å². The molecule has 0 aliphatic carbocycles. The van der Waals surface area contributed by atoms with Gasteiger partial charge in [0.25, 0.3) is 0 Å². The monoisotopic (exact) mass is 327 g/mol. The molecular formula is C18H14FNO4. The summed E-state index contributed by atoms with van der Waals surface area (Å²) in [6, 6.07) is 14.9. The number of anilines is 1. The molecule has 0 saturated heterocycles. The van der Waals surface area contributed by atoms with Gasteiger partial charge in [-0.05, 0) is 18.2 Å². The summed E-state index contributed by atoms with van der Waals surface area (Å²) >= 11 is 0. The molecule has 1 aliphatic heterocycles. The maximum Gasteiger partial charge on any atom is 0.347 e. The number of nitrogens with one attached hydrogen (secondary N) is 1. The van der Waals surface area contributed by atoms with Crippen LogP contribution >= 0.6 is 0 Å². The number of hydrogen-bond donors (Lipinski definition) is 1. The van der Waals surface area contributed by atoms with E-state index in [1.165, 1.54) is 12.1 Å². The third kappa shape index (κ3) is 3.43. The van der Waals surface area contributed by atoms with Gasteiger partial charge in [0.2, 0.25) is 11.7 Å². The quantitative estimate of drug-likeness (QED) is 0.676. The van der Waals surface area contributed by atoms with Crippen LogP contribution in [-0.2, 0) is 25.7 Å². The van der Waals surface area contributed by atoms with Crippen molar-refractivity contribution in [3.8, 4) is 0 Å². The average Bonchev–Trinajstić information content (AvgIpc) is 2.95. The molecule has 0 radical (unpaired) electrons. The van der Waals surface area contributed by atoms with E-state index in [0.29, 0.717) is 5.69 Å². The molecule has 1 heterocycles. The fraction of sp³-hybridized carbons (Fsp3) is 0.111. The zero-order valence-corrected chi connectivity index (χ0v) is 12.6. The second-order valence-corrected chi connectivity index (χ2v) is 5.07. The molecule has 0 atom stereocenters.